The van der Waals surface area contributed by atoms with Gasteiger partial charge >= 0.3 is 6.09 Å². The largest absolute Gasteiger partial charge is 0.486 e. The lowest BCUT2D eigenvalue weighted by atomic mass is 9.99. The van der Waals surface area contributed by atoms with Gasteiger partial charge in [0.1, 0.15) is 6.10 Å². The Bertz CT molecular complexity index is 427. The zero-order valence-corrected chi connectivity index (χ0v) is 10.9. The van der Waals surface area contributed by atoms with E-state index in [0.717, 1.165) is 10.9 Å². The molecule has 0 aliphatic carbocycles. The van der Waals surface area contributed by atoms with Gasteiger partial charge in [-0.15, -0.1) is 0 Å². The number of hydrogen-bond donors (Lipinski definition) is 1. The molecule has 1 aliphatic heterocycles. The average molecular weight is 301 g/mol. The van der Waals surface area contributed by atoms with Gasteiger partial charge in [-0.1, -0.05) is 0 Å². The highest BCUT2D eigenvalue weighted by atomic mass is 79.9. The third kappa shape index (κ3) is 2.52. The summed E-state index contributed by atoms with van der Waals surface area (Å²) in [5, 5.41) is 8.92. The lowest BCUT2D eigenvalue weighted by Gasteiger charge is -2.41. The first-order chi connectivity index (χ1) is 8.09. The van der Waals surface area contributed by atoms with Gasteiger partial charge < -0.3 is 14.7 Å². The van der Waals surface area contributed by atoms with Gasteiger partial charge in [-0.2, -0.15) is 0 Å². The van der Waals surface area contributed by atoms with Crippen LogP contribution in [0.25, 0.3) is 0 Å². The van der Waals surface area contributed by atoms with E-state index in [1.54, 1.807) is 18.5 Å². The molecule has 1 aromatic rings. The maximum absolute atomic E-state index is 10.9. The number of rotatable bonds is 3. The Kier molecular flexibility index (Phi) is 3.51. The fraction of sp³-hybridized carbons (Fsp3) is 0.455. The lowest BCUT2D eigenvalue weighted by molar-refractivity contribution is 0.0145. The van der Waals surface area contributed by atoms with Gasteiger partial charge in [0.05, 0.1) is 16.7 Å². The van der Waals surface area contributed by atoms with Gasteiger partial charge in [0.2, 0.25) is 0 Å². The van der Waals surface area contributed by atoms with Crippen molar-refractivity contribution in [3.63, 3.8) is 0 Å². The van der Waals surface area contributed by atoms with Gasteiger partial charge in [0, 0.05) is 12.7 Å². The number of aromatic nitrogens is 1. The summed E-state index contributed by atoms with van der Waals surface area (Å²) in [5.41, 5.74) is 0. The Labute approximate surface area is 108 Å². The first-order valence-corrected chi connectivity index (χ1v) is 6.14. The molecule has 1 amide bonds. The molecule has 2 rings (SSSR count). The highest BCUT2D eigenvalue weighted by Gasteiger charge is 2.37. The molecule has 0 bridgehead atoms. The molecule has 1 aliphatic rings. The predicted octanol–water partition coefficient (Wildman–Crippen LogP) is 2.36. The van der Waals surface area contributed by atoms with Crippen LogP contribution in [0.3, 0.4) is 0 Å². The van der Waals surface area contributed by atoms with Crippen molar-refractivity contribution in [1.82, 2.24) is 9.88 Å². The normalized spacial score (nSPS) is 20.6. The van der Waals surface area contributed by atoms with E-state index in [4.69, 9.17) is 9.84 Å². The molecular weight excluding hydrogens is 288 g/mol. The molecule has 2 heterocycles. The van der Waals surface area contributed by atoms with E-state index in [1.165, 1.54) is 4.90 Å². The first-order valence-electron chi connectivity index (χ1n) is 5.35. The second-order valence-corrected chi connectivity index (χ2v) is 4.82. The van der Waals surface area contributed by atoms with Crippen LogP contribution in [-0.4, -0.2) is 39.8 Å². The van der Waals surface area contributed by atoms with E-state index in [9.17, 15) is 4.79 Å². The van der Waals surface area contributed by atoms with Gasteiger partial charge in [-0.05, 0) is 35.3 Å². The van der Waals surface area contributed by atoms with Crippen molar-refractivity contribution in [2.75, 3.05) is 6.54 Å². The van der Waals surface area contributed by atoms with E-state index in [2.05, 4.69) is 20.9 Å². The fourth-order valence-corrected chi connectivity index (χ4v) is 2.18. The van der Waals surface area contributed by atoms with Crippen LogP contribution in [0, 0.1) is 0 Å². The maximum atomic E-state index is 10.9. The van der Waals surface area contributed by atoms with Crippen molar-refractivity contribution in [2.24, 2.45) is 0 Å². The van der Waals surface area contributed by atoms with Crippen molar-refractivity contribution < 1.29 is 14.6 Å². The molecule has 1 saturated heterocycles. The van der Waals surface area contributed by atoms with Gasteiger partial charge in [0.15, 0.2) is 5.75 Å². The van der Waals surface area contributed by atoms with E-state index < -0.39 is 6.09 Å². The SMILES string of the molecule is C[C@@H](Oc1cnccc1Br)C1CCN1C(=O)O. The quantitative estimate of drug-likeness (QED) is 0.931. The fourth-order valence-electron chi connectivity index (χ4n) is 1.86. The second kappa shape index (κ2) is 4.91. The van der Waals surface area contributed by atoms with Crippen molar-refractivity contribution in [3.05, 3.63) is 22.9 Å². The molecule has 1 unspecified atom stereocenters. The molecule has 1 fully saturated rings. The van der Waals surface area contributed by atoms with Crippen molar-refractivity contribution >= 4 is 22.0 Å². The van der Waals surface area contributed by atoms with Crippen LogP contribution < -0.4 is 4.74 Å². The third-order valence-electron chi connectivity index (χ3n) is 2.90. The molecule has 6 heteroatoms. The number of amides is 1. The molecule has 92 valence electrons. The molecule has 0 radical (unpaired) electrons. The van der Waals surface area contributed by atoms with E-state index >= 15 is 0 Å². The number of ether oxygens (including phenoxy) is 1. The minimum Gasteiger partial charge on any atom is -0.486 e. The molecule has 0 spiro atoms. The standard InChI is InChI=1S/C11H13BrN2O3/c1-7(9-3-5-14(9)11(15)16)17-10-6-13-4-2-8(10)12/h2,4,6-7,9H,3,5H2,1H3,(H,15,16)/t7-,9?/m1/s1. The van der Waals surface area contributed by atoms with Gasteiger partial charge in [0.25, 0.3) is 0 Å². The lowest BCUT2D eigenvalue weighted by Crippen LogP contribution is -2.56. The predicted molar refractivity (Wildman–Crippen MR) is 65.2 cm³/mol. The van der Waals surface area contributed by atoms with Crippen molar-refractivity contribution in [3.8, 4) is 5.75 Å². The van der Waals surface area contributed by atoms with Gasteiger partial charge in [-0.3, -0.25) is 4.98 Å². The molecule has 0 aromatic carbocycles. The molecule has 0 saturated carbocycles. The van der Waals surface area contributed by atoms with Crippen LogP contribution in [0.4, 0.5) is 4.79 Å². The van der Waals surface area contributed by atoms with Crippen molar-refractivity contribution in [2.45, 2.75) is 25.5 Å². The molecular formula is C11H13BrN2O3. The summed E-state index contributed by atoms with van der Waals surface area (Å²) < 4.78 is 6.54. The highest BCUT2D eigenvalue weighted by molar-refractivity contribution is 9.10. The van der Waals surface area contributed by atoms with Crippen LogP contribution in [0.2, 0.25) is 0 Å². The Balaban J connectivity index is 2.00. The summed E-state index contributed by atoms with van der Waals surface area (Å²) in [6.45, 7) is 2.46. The van der Waals surface area contributed by atoms with Crippen LogP contribution >= 0.6 is 15.9 Å². The molecule has 2 atom stereocenters. The zero-order valence-electron chi connectivity index (χ0n) is 9.34. The summed E-state index contributed by atoms with van der Waals surface area (Å²) >= 11 is 3.36. The van der Waals surface area contributed by atoms with E-state index in [1.807, 2.05) is 6.92 Å². The van der Waals surface area contributed by atoms with Crippen molar-refractivity contribution in [1.29, 1.82) is 0 Å². The smallest absolute Gasteiger partial charge is 0.407 e. The number of hydrogen-bond acceptors (Lipinski definition) is 3. The summed E-state index contributed by atoms with van der Waals surface area (Å²) in [7, 11) is 0. The maximum Gasteiger partial charge on any atom is 0.407 e. The molecule has 1 N–H and O–H groups in total. The highest BCUT2D eigenvalue weighted by Crippen LogP contribution is 2.28. The second-order valence-electron chi connectivity index (χ2n) is 3.96. The van der Waals surface area contributed by atoms with Crippen LogP contribution in [0.15, 0.2) is 22.9 Å². The van der Waals surface area contributed by atoms with Crippen LogP contribution in [0.5, 0.6) is 5.75 Å². The Morgan fingerprint density at radius 3 is 3.06 bits per heavy atom. The van der Waals surface area contributed by atoms with Crippen LogP contribution in [0.1, 0.15) is 13.3 Å². The Morgan fingerprint density at radius 2 is 2.53 bits per heavy atom. The third-order valence-corrected chi connectivity index (χ3v) is 3.56. The van der Waals surface area contributed by atoms with Gasteiger partial charge in [-0.25, -0.2) is 4.79 Å². The van der Waals surface area contributed by atoms with E-state index in [-0.39, 0.29) is 12.1 Å². The summed E-state index contributed by atoms with van der Waals surface area (Å²) in [5.74, 6) is 0.636. The topological polar surface area (TPSA) is 62.7 Å². The average Bonchev–Trinajstić information content (AvgIpc) is 2.18. The van der Waals surface area contributed by atoms with Crippen LogP contribution in [-0.2, 0) is 0 Å². The molecule has 1 aromatic heterocycles. The Morgan fingerprint density at radius 1 is 1.76 bits per heavy atom. The molecule has 5 nitrogen and oxygen atoms in total. The zero-order chi connectivity index (χ0) is 12.4. The molecule has 17 heavy (non-hydrogen) atoms. The number of nitrogens with zero attached hydrogens (tertiary/aromatic N) is 2. The minimum absolute atomic E-state index is 0.0698. The first kappa shape index (κ1) is 12.2. The summed E-state index contributed by atoms with van der Waals surface area (Å²) in [6.07, 6.45) is 3.05. The minimum atomic E-state index is -0.887. The number of likely N-dealkylation sites (tertiary alicyclic amines) is 1. The van der Waals surface area contributed by atoms with E-state index in [0.29, 0.717) is 12.3 Å². The summed E-state index contributed by atoms with van der Waals surface area (Å²) in [4.78, 5) is 16.2. The number of carboxylic acid groups (broad SMARTS) is 1. The number of carbonyl (C=O) groups is 1. The Hall–Kier alpha value is -1.30. The number of pyridine rings is 1. The summed E-state index contributed by atoms with van der Waals surface area (Å²) in [6, 6.07) is 1.72. The monoisotopic (exact) mass is 300 g/mol. The number of halogens is 1.